The minimum Gasteiger partial charge on any atom is -0.481 e. The number of hydrogen-bond acceptors (Lipinski definition) is 6. The number of rotatable bonds is 4. The Morgan fingerprint density at radius 1 is 1.23 bits per heavy atom. The van der Waals surface area contributed by atoms with Gasteiger partial charge in [-0.15, -0.1) is 0 Å². The molecule has 5 rings (SSSR count). The van der Waals surface area contributed by atoms with Crippen LogP contribution in [0.2, 0.25) is 0 Å². The summed E-state index contributed by atoms with van der Waals surface area (Å²) in [5.74, 6) is -1.17. The van der Waals surface area contributed by atoms with E-state index in [9.17, 15) is 4.79 Å². The summed E-state index contributed by atoms with van der Waals surface area (Å²) in [4.78, 5) is 22.9. The molecule has 2 bridgehead atoms. The van der Waals surface area contributed by atoms with Gasteiger partial charge in [-0.3, -0.25) is 4.79 Å². The van der Waals surface area contributed by atoms with E-state index in [0.29, 0.717) is 11.8 Å². The van der Waals surface area contributed by atoms with E-state index in [0.717, 1.165) is 25.7 Å². The van der Waals surface area contributed by atoms with Crippen molar-refractivity contribution in [3.05, 3.63) is 0 Å². The normalized spacial score (nSPS) is 51.4. The molecule has 7 nitrogen and oxygen atoms in total. The molecule has 5 aliphatic rings. The number of carbonyl (C=O) groups is 1. The van der Waals surface area contributed by atoms with Crippen LogP contribution in [0.3, 0.4) is 0 Å². The minimum atomic E-state index is -0.870. The fourth-order valence-corrected chi connectivity index (χ4v) is 5.37. The predicted octanol–water partition coefficient (Wildman–Crippen LogP) is 2.93. The maximum Gasteiger partial charge on any atom is 0.308 e. The summed E-state index contributed by atoms with van der Waals surface area (Å²) in [5.41, 5.74) is -0.606. The average molecular weight is 370 g/mol. The highest BCUT2D eigenvalue weighted by Crippen LogP contribution is 2.60. The molecule has 7 heteroatoms. The van der Waals surface area contributed by atoms with Crippen LogP contribution < -0.4 is 0 Å². The van der Waals surface area contributed by atoms with Gasteiger partial charge in [0.25, 0.3) is 0 Å². The highest BCUT2D eigenvalue weighted by Gasteiger charge is 2.69. The number of aliphatic carboxylic acids is 1. The third-order valence-electron chi connectivity index (χ3n) is 7.03. The Balaban J connectivity index is 1.61. The molecule has 0 amide bonds. The van der Waals surface area contributed by atoms with E-state index in [1.807, 2.05) is 6.92 Å². The lowest BCUT2D eigenvalue weighted by Crippen LogP contribution is -2.70. The summed E-state index contributed by atoms with van der Waals surface area (Å²) < 4.78 is 18.4. The Morgan fingerprint density at radius 3 is 2.73 bits per heavy atom. The van der Waals surface area contributed by atoms with Crippen LogP contribution in [0.1, 0.15) is 53.4 Å². The van der Waals surface area contributed by atoms with Crippen molar-refractivity contribution < 1.29 is 33.9 Å². The number of carboxylic acids is 1. The van der Waals surface area contributed by atoms with Crippen molar-refractivity contribution in [1.82, 2.24) is 0 Å². The smallest absolute Gasteiger partial charge is 0.308 e. The molecule has 1 N–H and O–H groups in total. The van der Waals surface area contributed by atoms with Crippen molar-refractivity contribution in [3.8, 4) is 0 Å². The first-order valence-electron chi connectivity index (χ1n) is 9.81. The van der Waals surface area contributed by atoms with Crippen molar-refractivity contribution in [3.63, 3.8) is 0 Å². The van der Waals surface area contributed by atoms with Gasteiger partial charge < -0.3 is 19.3 Å². The van der Waals surface area contributed by atoms with Gasteiger partial charge in [0.1, 0.15) is 0 Å². The van der Waals surface area contributed by atoms with Gasteiger partial charge in [0, 0.05) is 18.3 Å². The van der Waals surface area contributed by atoms with Crippen LogP contribution in [0.15, 0.2) is 0 Å². The zero-order chi connectivity index (χ0) is 18.7. The van der Waals surface area contributed by atoms with Crippen molar-refractivity contribution in [1.29, 1.82) is 0 Å². The fourth-order valence-electron chi connectivity index (χ4n) is 5.37. The summed E-state index contributed by atoms with van der Waals surface area (Å²) in [6.07, 6.45) is 2.83. The van der Waals surface area contributed by atoms with Crippen LogP contribution in [0, 0.1) is 29.6 Å². The van der Waals surface area contributed by atoms with Crippen LogP contribution in [0.4, 0.5) is 0 Å². The van der Waals surface area contributed by atoms with Crippen LogP contribution in [0.25, 0.3) is 0 Å². The molecule has 4 heterocycles. The van der Waals surface area contributed by atoms with Gasteiger partial charge >= 0.3 is 5.97 Å². The molecule has 0 radical (unpaired) electrons. The SMILES string of the molecule is C[C@H]1[C@@H](OC[C@H](C)C(=O)O)O[C@@H]2O[C@]3(C)CC[C@H]4[C@H](C)CC[C@@H]1[C@@]24OO3. The lowest BCUT2D eigenvalue weighted by molar-refractivity contribution is -0.577. The van der Waals surface area contributed by atoms with Crippen molar-refractivity contribution in [2.45, 2.75) is 77.3 Å². The molecule has 9 atom stereocenters. The first-order chi connectivity index (χ1) is 12.3. The molecule has 5 fully saturated rings. The molecule has 0 aromatic carbocycles. The second-order valence-corrected chi connectivity index (χ2v) is 8.85. The van der Waals surface area contributed by atoms with Crippen molar-refractivity contribution in [2.24, 2.45) is 29.6 Å². The average Bonchev–Trinajstić information content (AvgIpc) is 2.82. The van der Waals surface area contributed by atoms with Crippen LogP contribution in [-0.2, 0) is 28.8 Å². The molecular weight excluding hydrogens is 340 g/mol. The van der Waals surface area contributed by atoms with E-state index in [-0.39, 0.29) is 18.4 Å². The quantitative estimate of drug-likeness (QED) is 0.762. The lowest BCUT2D eigenvalue weighted by Gasteiger charge is -2.60. The van der Waals surface area contributed by atoms with Crippen LogP contribution in [-0.4, -0.2) is 41.7 Å². The Kier molecular flexibility index (Phi) is 4.59. The maximum absolute atomic E-state index is 11.1. The van der Waals surface area contributed by atoms with Crippen LogP contribution >= 0.6 is 0 Å². The number of hydrogen-bond donors (Lipinski definition) is 1. The predicted molar refractivity (Wildman–Crippen MR) is 89.6 cm³/mol. The molecule has 148 valence electrons. The molecule has 1 saturated carbocycles. The molecular formula is C19H30O7. The van der Waals surface area contributed by atoms with E-state index in [1.54, 1.807) is 6.92 Å². The lowest BCUT2D eigenvalue weighted by atomic mass is 9.58. The zero-order valence-corrected chi connectivity index (χ0v) is 16.0. The van der Waals surface area contributed by atoms with E-state index < -0.39 is 35.9 Å². The largest absolute Gasteiger partial charge is 0.481 e. The molecule has 0 aromatic heterocycles. The molecule has 4 saturated heterocycles. The van der Waals surface area contributed by atoms with Gasteiger partial charge in [-0.2, -0.15) is 0 Å². The standard InChI is InChI=1S/C19H30O7/c1-10-5-6-14-12(3)16(22-9-11(2)15(20)21)23-17-19(14)13(10)7-8-18(4,24-17)25-26-19/h10-14,16-17H,5-9H2,1-4H3,(H,20,21)/t10-,11+,12-,13+,14+,16+,17-,18+,19-/m1/s1. The van der Waals surface area contributed by atoms with E-state index in [1.165, 1.54) is 0 Å². The van der Waals surface area contributed by atoms with Gasteiger partial charge in [-0.05, 0) is 44.9 Å². The van der Waals surface area contributed by atoms with Gasteiger partial charge in [-0.1, -0.05) is 13.8 Å². The molecule has 0 unspecified atom stereocenters. The topological polar surface area (TPSA) is 83.5 Å². The van der Waals surface area contributed by atoms with E-state index in [4.69, 9.17) is 29.1 Å². The summed E-state index contributed by atoms with van der Waals surface area (Å²) in [5, 5.41) is 9.11. The zero-order valence-electron chi connectivity index (χ0n) is 16.0. The first kappa shape index (κ1) is 18.6. The Morgan fingerprint density at radius 2 is 2.00 bits per heavy atom. The highest BCUT2D eigenvalue weighted by atomic mass is 17.3. The summed E-state index contributed by atoms with van der Waals surface area (Å²) in [6, 6.07) is 0. The molecule has 26 heavy (non-hydrogen) atoms. The van der Waals surface area contributed by atoms with Gasteiger partial charge in [0.2, 0.25) is 5.79 Å². The first-order valence-corrected chi connectivity index (χ1v) is 9.81. The van der Waals surface area contributed by atoms with Gasteiger partial charge in [0.15, 0.2) is 18.2 Å². The van der Waals surface area contributed by atoms with Crippen molar-refractivity contribution in [2.75, 3.05) is 6.61 Å². The summed E-state index contributed by atoms with van der Waals surface area (Å²) in [7, 11) is 0. The third-order valence-corrected chi connectivity index (χ3v) is 7.03. The second-order valence-electron chi connectivity index (χ2n) is 8.85. The highest BCUT2D eigenvalue weighted by molar-refractivity contribution is 5.69. The van der Waals surface area contributed by atoms with Crippen molar-refractivity contribution >= 4 is 5.97 Å². The molecule has 1 aliphatic carbocycles. The second kappa shape index (κ2) is 6.41. The van der Waals surface area contributed by atoms with E-state index in [2.05, 4.69) is 13.8 Å². The Hall–Kier alpha value is -0.730. The van der Waals surface area contributed by atoms with Gasteiger partial charge in [0.05, 0.1) is 12.5 Å². The number of carboxylic acid groups (broad SMARTS) is 1. The summed E-state index contributed by atoms with van der Waals surface area (Å²) >= 11 is 0. The minimum absolute atomic E-state index is 0.0666. The molecule has 1 spiro atoms. The Bertz CT molecular complexity index is 568. The number of fused-ring (bicyclic) bond motifs is 2. The molecule has 4 aliphatic heterocycles. The van der Waals surface area contributed by atoms with Crippen LogP contribution in [0.5, 0.6) is 0 Å². The van der Waals surface area contributed by atoms with Gasteiger partial charge in [-0.25, -0.2) is 9.78 Å². The number of ether oxygens (including phenoxy) is 3. The Labute approximate surface area is 154 Å². The summed E-state index contributed by atoms with van der Waals surface area (Å²) in [6.45, 7) is 8.02. The monoisotopic (exact) mass is 370 g/mol. The third kappa shape index (κ3) is 2.71. The fraction of sp³-hybridized carbons (Fsp3) is 0.947. The maximum atomic E-state index is 11.1. The van der Waals surface area contributed by atoms with E-state index >= 15 is 0 Å². The molecule has 0 aromatic rings.